The molecule has 0 radical (unpaired) electrons. The van der Waals surface area contributed by atoms with Gasteiger partial charge in [0.15, 0.2) is 6.10 Å². The van der Waals surface area contributed by atoms with Crippen molar-refractivity contribution >= 4 is 11.9 Å². The lowest BCUT2D eigenvalue weighted by Crippen LogP contribution is -2.28. The van der Waals surface area contributed by atoms with Crippen LogP contribution in [0.2, 0.25) is 0 Å². The number of esters is 2. The molecule has 0 aromatic rings. The van der Waals surface area contributed by atoms with Gasteiger partial charge in [-0.25, -0.2) is 0 Å². The summed E-state index contributed by atoms with van der Waals surface area (Å²) >= 11 is 0. The number of allylic oxidation sites excluding steroid dienone is 12. The van der Waals surface area contributed by atoms with E-state index in [0.29, 0.717) is 12.8 Å². The average Bonchev–Trinajstić information content (AvgIpc) is 3.37. The first-order chi connectivity index (χ1) is 35.1. The van der Waals surface area contributed by atoms with Crippen molar-refractivity contribution in [1.29, 1.82) is 0 Å². The first-order valence-corrected chi connectivity index (χ1v) is 31.0. The maximum absolute atomic E-state index is 12.3. The summed E-state index contributed by atoms with van der Waals surface area (Å²) in [6.45, 7) is 4.07. The van der Waals surface area contributed by atoms with Gasteiger partial charge in [-0.1, -0.05) is 311 Å². The molecule has 0 aliphatic heterocycles. The summed E-state index contributed by atoms with van der Waals surface area (Å²) in [7, 11) is 0. The molecule has 0 saturated heterocycles. The number of unbranched alkanes of at least 4 members (excludes halogenated alkanes) is 37. The molecule has 0 spiro atoms. The summed E-state index contributed by atoms with van der Waals surface area (Å²) < 4.78 is 10.7. The lowest BCUT2D eigenvalue weighted by atomic mass is 10.0. The van der Waals surface area contributed by atoms with Gasteiger partial charge in [-0.2, -0.15) is 0 Å². The van der Waals surface area contributed by atoms with Crippen LogP contribution in [0.25, 0.3) is 0 Å². The third-order valence-electron chi connectivity index (χ3n) is 13.8. The molecule has 0 aromatic heterocycles. The van der Waals surface area contributed by atoms with Crippen LogP contribution in [-0.2, 0) is 19.1 Å². The second-order valence-corrected chi connectivity index (χ2v) is 20.8. The van der Waals surface area contributed by atoms with E-state index < -0.39 is 6.10 Å². The number of rotatable bonds is 57. The van der Waals surface area contributed by atoms with Gasteiger partial charge in [-0.15, -0.1) is 0 Å². The van der Waals surface area contributed by atoms with Gasteiger partial charge in [0, 0.05) is 12.8 Å². The first-order valence-electron chi connectivity index (χ1n) is 31.0. The lowest BCUT2D eigenvalue weighted by molar-refractivity contribution is -0.161. The minimum atomic E-state index is -0.771. The Bertz CT molecular complexity index is 1260. The minimum Gasteiger partial charge on any atom is -0.462 e. The van der Waals surface area contributed by atoms with E-state index in [0.717, 1.165) is 70.6 Å². The number of carbonyl (C=O) groups is 2. The van der Waals surface area contributed by atoms with Crippen LogP contribution >= 0.6 is 0 Å². The number of carbonyl (C=O) groups excluding carboxylic acids is 2. The SMILES string of the molecule is CC/C=C\C/C=C\C/C=C\C/C=C\C/C=C\C/C=C\CCCCCCCCCCCCCCCCCCCCC(=O)OC(CO)COC(=O)CCCCCCCCCCCCCCCCCCCCCC. The van der Waals surface area contributed by atoms with Crippen LogP contribution in [0.3, 0.4) is 0 Å². The van der Waals surface area contributed by atoms with Crippen LogP contribution in [0.1, 0.15) is 316 Å². The van der Waals surface area contributed by atoms with Gasteiger partial charge in [-0.05, 0) is 64.2 Å². The molecule has 0 heterocycles. The van der Waals surface area contributed by atoms with E-state index >= 15 is 0 Å². The topological polar surface area (TPSA) is 72.8 Å². The molecule has 1 atom stereocenters. The third-order valence-corrected chi connectivity index (χ3v) is 13.8. The van der Waals surface area contributed by atoms with Crippen LogP contribution in [0.15, 0.2) is 72.9 Å². The van der Waals surface area contributed by atoms with E-state index in [1.165, 1.54) is 218 Å². The zero-order valence-corrected chi connectivity index (χ0v) is 47.2. The molecule has 1 unspecified atom stereocenters. The fourth-order valence-electron chi connectivity index (χ4n) is 9.15. The molecule has 5 nitrogen and oxygen atoms in total. The lowest BCUT2D eigenvalue weighted by Gasteiger charge is -2.15. The van der Waals surface area contributed by atoms with Crippen LogP contribution in [0.4, 0.5) is 0 Å². The van der Waals surface area contributed by atoms with E-state index in [1.54, 1.807) is 0 Å². The highest BCUT2D eigenvalue weighted by Gasteiger charge is 2.16. The van der Waals surface area contributed by atoms with E-state index in [1.807, 2.05) is 0 Å². The summed E-state index contributed by atoms with van der Waals surface area (Å²) in [6.07, 6.45) is 84.7. The molecular weight excluding hydrogens is 873 g/mol. The monoisotopic (exact) mass is 991 g/mol. The Kier molecular flexibility index (Phi) is 59.3. The highest BCUT2D eigenvalue weighted by Crippen LogP contribution is 2.18. The molecule has 1 N–H and O–H groups in total. The number of hydrogen-bond acceptors (Lipinski definition) is 5. The molecular formula is C66H118O5. The van der Waals surface area contributed by atoms with Crippen LogP contribution in [0.5, 0.6) is 0 Å². The maximum Gasteiger partial charge on any atom is 0.306 e. The molecule has 0 fully saturated rings. The van der Waals surface area contributed by atoms with Crippen LogP contribution in [-0.4, -0.2) is 36.4 Å². The Morgan fingerprint density at radius 3 is 0.915 bits per heavy atom. The van der Waals surface area contributed by atoms with Gasteiger partial charge >= 0.3 is 11.9 Å². The number of aliphatic hydroxyl groups is 1. The van der Waals surface area contributed by atoms with Crippen molar-refractivity contribution in [1.82, 2.24) is 0 Å². The summed E-state index contributed by atoms with van der Waals surface area (Å²) in [5.41, 5.74) is 0. The van der Waals surface area contributed by atoms with Gasteiger partial charge in [-0.3, -0.25) is 9.59 Å². The molecule has 71 heavy (non-hydrogen) atoms. The maximum atomic E-state index is 12.3. The Morgan fingerprint density at radius 1 is 0.338 bits per heavy atom. The Labute approximate surface area is 442 Å². The molecule has 0 rings (SSSR count). The average molecular weight is 992 g/mol. The van der Waals surface area contributed by atoms with Crippen LogP contribution < -0.4 is 0 Å². The quantitative estimate of drug-likeness (QED) is 0.0373. The van der Waals surface area contributed by atoms with Gasteiger partial charge < -0.3 is 14.6 Å². The normalized spacial score (nSPS) is 12.7. The van der Waals surface area contributed by atoms with Gasteiger partial charge in [0.1, 0.15) is 6.61 Å². The zero-order chi connectivity index (χ0) is 51.3. The standard InChI is InChI=1S/C66H118O5/c1-3-5-7-9-11-13-15-17-19-21-23-25-26-27-28-29-30-31-32-33-34-35-36-37-38-39-40-41-43-45-47-49-51-53-55-57-59-61-66(69)71-64(62-67)63-70-65(68)60-58-56-54-52-50-48-46-44-42-24-22-20-18-16-14-12-10-8-6-4-2/h5,7,11,13,17,19,23,25,27-28,30-31,64,67H,3-4,6,8-10,12,14-16,18,20-22,24,26,29,32-63H2,1-2H3/b7-5-,13-11-,19-17-,25-23-,28-27-,31-30-. The second-order valence-electron chi connectivity index (χ2n) is 20.8. The molecule has 0 aliphatic rings. The molecule has 412 valence electrons. The summed E-state index contributed by atoms with van der Waals surface area (Å²) in [4.78, 5) is 24.6. The summed E-state index contributed by atoms with van der Waals surface area (Å²) in [5, 5.41) is 9.67. The van der Waals surface area contributed by atoms with E-state index in [-0.39, 0.29) is 25.2 Å². The summed E-state index contributed by atoms with van der Waals surface area (Å²) in [5.74, 6) is -0.573. The van der Waals surface area contributed by atoms with Gasteiger partial charge in [0.05, 0.1) is 6.61 Å². The van der Waals surface area contributed by atoms with Gasteiger partial charge in [0.25, 0.3) is 0 Å². The molecule has 0 saturated carbocycles. The smallest absolute Gasteiger partial charge is 0.306 e. The van der Waals surface area contributed by atoms with Crippen molar-refractivity contribution in [3.63, 3.8) is 0 Å². The van der Waals surface area contributed by atoms with Crippen molar-refractivity contribution < 1.29 is 24.2 Å². The van der Waals surface area contributed by atoms with Crippen molar-refractivity contribution in [3.05, 3.63) is 72.9 Å². The Morgan fingerprint density at radius 2 is 0.606 bits per heavy atom. The van der Waals surface area contributed by atoms with E-state index in [9.17, 15) is 14.7 Å². The van der Waals surface area contributed by atoms with Crippen LogP contribution in [0, 0.1) is 0 Å². The highest BCUT2D eigenvalue weighted by atomic mass is 16.6. The molecule has 0 aromatic carbocycles. The molecule has 0 bridgehead atoms. The van der Waals surface area contributed by atoms with E-state index in [2.05, 4.69) is 86.8 Å². The third kappa shape index (κ3) is 59.8. The van der Waals surface area contributed by atoms with Crippen molar-refractivity contribution in [3.8, 4) is 0 Å². The van der Waals surface area contributed by atoms with Gasteiger partial charge in [0.2, 0.25) is 0 Å². The molecule has 0 aliphatic carbocycles. The number of ether oxygens (including phenoxy) is 2. The Balaban J connectivity index is 3.44. The highest BCUT2D eigenvalue weighted by molar-refractivity contribution is 5.70. The number of aliphatic hydroxyl groups excluding tert-OH is 1. The fourth-order valence-corrected chi connectivity index (χ4v) is 9.15. The van der Waals surface area contributed by atoms with E-state index in [4.69, 9.17) is 9.47 Å². The zero-order valence-electron chi connectivity index (χ0n) is 47.2. The minimum absolute atomic E-state index is 0.0615. The predicted molar refractivity (Wildman–Crippen MR) is 311 cm³/mol. The van der Waals surface area contributed by atoms with Crippen molar-refractivity contribution in [2.45, 2.75) is 322 Å². The molecule has 0 amide bonds. The number of hydrogen-bond donors (Lipinski definition) is 1. The molecule has 5 heteroatoms. The Hall–Kier alpha value is -2.66. The predicted octanol–water partition coefficient (Wildman–Crippen LogP) is 21.1. The largest absolute Gasteiger partial charge is 0.462 e. The second kappa shape index (κ2) is 61.6. The summed E-state index contributed by atoms with van der Waals surface area (Å²) in [6, 6.07) is 0. The fraction of sp³-hybridized carbons (Fsp3) is 0.788. The van der Waals surface area contributed by atoms with Crippen molar-refractivity contribution in [2.24, 2.45) is 0 Å². The first kappa shape index (κ1) is 68.3. The van der Waals surface area contributed by atoms with Crippen molar-refractivity contribution in [2.75, 3.05) is 13.2 Å².